The molecule has 1 fully saturated rings. The van der Waals surface area contributed by atoms with Crippen LogP contribution in [0.25, 0.3) is 0 Å². The lowest BCUT2D eigenvalue weighted by Gasteiger charge is -2.33. The van der Waals surface area contributed by atoms with Crippen molar-refractivity contribution in [2.45, 2.75) is 38.8 Å². The number of aliphatic hydroxyl groups excluding tert-OH is 1. The third kappa shape index (κ3) is 2.90. The highest BCUT2D eigenvalue weighted by atomic mass is 32.2. The summed E-state index contributed by atoms with van der Waals surface area (Å²) in [6.07, 6.45) is 0.719. The lowest BCUT2D eigenvalue weighted by molar-refractivity contribution is 0.110. The van der Waals surface area contributed by atoms with Crippen molar-refractivity contribution in [2.75, 3.05) is 20.1 Å². The van der Waals surface area contributed by atoms with Gasteiger partial charge >= 0.3 is 0 Å². The van der Waals surface area contributed by atoms with Crippen LogP contribution in [0.5, 0.6) is 0 Å². The maximum atomic E-state index is 12.0. The fourth-order valence-electron chi connectivity index (χ4n) is 1.52. The molecule has 0 atom stereocenters. The van der Waals surface area contributed by atoms with Gasteiger partial charge < -0.3 is 5.11 Å². The topological polar surface area (TPSA) is 60.9 Å². The zero-order valence-electron chi connectivity index (χ0n) is 9.55. The van der Waals surface area contributed by atoms with Gasteiger partial charge in [0, 0.05) is 26.2 Å². The van der Waals surface area contributed by atoms with Gasteiger partial charge in [-0.05, 0) is 26.7 Å². The quantitative estimate of drug-likeness (QED) is 0.752. The van der Waals surface area contributed by atoms with Gasteiger partial charge in [0.25, 0.3) is 10.2 Å². The minimum absolute atomic E-state index is 0.0400. The zero-order valence-corrected chi connectivity index (χ0v) is 10.4. The molecule has 1 rings (SSSR count). The van der Waals surface area contributed by atoms with Crippen molar-refractivity contribution in [3.05, 3.63) is 0 Å². The van der Waals surface area contributed by atoms with E-state index in [0.717, 1.165) is 0 Å². The van der Waals surface area contributed by atoms with Crippen molar-refractivity contribution in [3.63, 3.8) is 0 Å². The second-order valence-electron chi connectivity index (χ2n) is 4.25. The summed E-state index contributed by atoms with van der Waals surface area (Å²) in [5, 5.41) is 9.31. The molecule has 0 aromatic carbocycles. The van der Waals surface area contributed by atoms with E-state index in [0.29, 0.717) is 25.9 Å². The first-order valence-corrected chi connectivity index (χ1v) is 6.66. The van der Waals surface area contributed by atoms with Crippen molar-refractivity contribution in [2.24, 2.45) is 0 Å². The van der Waals surface area contributed by atoms with Crippen LogP contribution in [0.3, 0.4) is 0 Å². The molecule has 1 heterocycles. The molecule has 0 unspecified atom stereocenters. The average molecular weight is 236 g/mol. The third-order valence-electron chi connectivity index (χ3n) is 2.84. The molecule has 0 spiro atoms. The van der Waals surface area contributed by atoms with Crippen molar-refractivity contribution >= 4 is 10.2 Å². The van der Waals surface area contributed by atoms with Crippen LogP contribution in [0.2, 0.25) is 0 Å². The van der Waals surface area contributed by atoms with E-state index >= 15 is 0 Å². The SMILES string of the molecule is CC(C)N(C)S(=O)(=O)N1CCC(O)CC1. The third-order valence-corrected chi connectivity index (χ3v) is 5.01. The molecule has 0 bridgehead atoms. The summed E-state index contributed by atoms with van der Waals surface area (Å²) in [6, 6.07) is -0.0400. The summed E-state index contributed by atoms with van der Waals surface area (Å²) in [7, 11) is -1.74. The van der Waals surface area contributed by atoms with Crippen LogP contribution in [-0.4, -0.2) is 54.4 Å². The Morgan fingerprint density at radius 1 is 1.33 bits per heavy atom. The molecule has 1 N–H and O–H groups in total. The van der Waals surface area contributed by atoms with Crippen molar-refractivity contribution in [1.82, 2.24) is 8.61 Å². The van der Waals surface area contributed by atoms with E-state index < -0.39 is 10.2 Å². The van der Waals surface area contributed by atoms with Crippen molar-refractivity contribution < 1.29 is 13.5 Å². The van der Waals surface area contributed by atoms with E-state index in [4.69, 9.17) is 0 Å². The molecular formula is C9H20N2O3S. The van der Waals surface area contributed by atoms with Crippen LogP contribution in [-0.2, 0) is 10.2 Å². The standard InChI is InChI=1S/C9H20N2O3S/c1-8(2)10(3)15(13,14)11-6-4-9(12)5-7-11/h8-9,12H,4-7H2,1-3H3. The van der Waals surface area contributed by atoms with Crippen LogP contribution < -0.4 is 0 Å². The van der Waals surface area contributed by atoms with Crippen molar-refractivity contribution in [3.8, 4) is 0 Å². The molecule has 5 nitrogen and oxygen atoms in total. The smallest absolute Gasteiger partial charge is 0.281 e. The van der Waals surface area contributed by atoms with Gasteiger partial charge in [0.2, 0.25) is 0 Å². The van der Waals surface area contributed by atoms with Crippen LogP contribution in [0, 0.1) is 0 Å². The normalized spacial score (nSPS) is 21.5. The fourth-order valence-corrected chi connectivity index (χ4v) is 3.09. The maximum Gasteiger partial charge on any atom is 0.281 e. The first-order chi connectivity index (χ1) is 6.85. The van der Waals surface area contributed by atoms with E-state index in [1.807, 2.05) is 13.8 Å². The Bertz CT molecular complexity index is 294. The minimum Gasteiger partial charge on any atom is -0.393 e. The van der Waals surface area contributed by atoms with Gasteiger partial charge in [-0.2, -0.15) is 17.0 Å². The molecule has 0 aliphatic carbocycles. The first kappa shape index (κ1) is 12.9. The molecule has 1 aliphatic heterocycles. The van der Waals surface area contributed by atoms with E-state index in [-0.39, 0.29) is 12.1 Å². The number of piperidine rings is 1. The van der Waals surface area contributed by atoms with Gasteiger partial charge in [-0.1, -0.05) is 0 Å². The van der Waals surface area contributed by atoms with Crippen LogP contribution in [0.4, 0.5) is 0 Å². The van der Waals surface area contributed by atoms with Gasteiger partial charge in [0.1, 0.15) is 0 Å². The lowest BCUT2D eigenvalue weighted by Crippen LogP contribution is -2.48. The Kier molecular flexibility index (Phi) is 4.11. The van der Waals surface area contributed by atoms with Gasteiger partial charge in [-0.15, -0.1) is 0 Å². The Balaban J connectivity index is 2.70. The summed E-state index contributed by atoms with van der Waals surface area (Å²) >= 11 is 0. The number of hydrogen-bond donors (Lipinski definition) is 1. The molecule has 6 heteroatoms. The summed E-state index contributed by atoms with van der Waals surface area (Å²) < 4.78 is 26.8. The molecule has 1 saturated heterocycles. The van der Waals surface area contributed by atoms with Crippen LogP contribution in [0.15, 0.2) is 0 Å². The van der Waals surface area contributed by atoms with Gasteiger partial charge in [-0.3, -0.25) is 0 Å². The second kappa shape index (κ2) is 4.78. The average Bonchev–Trinajstić information content (AvgIpc) is 2.17. The molecule has 15 heavy (non-hydrogen) atoms. The summed E-state index contributed by atoms with van der Waals surface area (Å²) in [5.41, 5.74) is 0. The Morgan fingerprint density at radius 2 is 1.80 bits per heavy atom. The van der Waals surface area contributed by atoms with Crippen molar-refractivity contribution in [1.29, 1.82) is 0 Å². The molecule has 0 radical (unpaired) electrons. The van der Waals surface area contributed by atoms with Gasteiger partial charge in [0.05, 0.1) is 6.10 Å². The first-order valence-electron chi connectivity index (χ1n) is 5.27. The minimum atomic E-state index is -3.33. The Morgan fingerprint density at radius 3 is 2.20 bits per heavy atom. The zero-order chi connectivity index (χ0) is 11.6. The molecule has 0 saturated carbocycles. The van der Waals surface area contributed by atoms with E-state index in [9.17, 15) is 13.5 Å². The molecule has 0 aromatic heterocycles. The highest BCUT2D eigenvalue weighted by Gasteiger charge is 2.31. The summed E-state index contributed by atoms with van der Waals surface area (Å²) in [6.45, 7) is 4.52. The number of rotatable bonds is 3. The second-order valence-corrected chi connectivity index (χ2v) is 6.24. The Hall–Kier alpha value is -0.170. The highest BCUT2D eigenvalue weighted by molar-refractivity contribution is 7.86. The fraction of sp³-hybridized carbons (Fsp3) is 1.00. The molecule has 0 amide bonds. The molecule has 90 valence electrons. The molecular weight excluding hydrogens is 216 g/mol. The summed E-state index contributed by atoms with van der Waals surface area (Å²) in [4.78, 5) is 0. The number of aliphatic hydroxyl groups is 1. The predicted octanol–water partition coefficient (Wildman–Crippen LogP) is 0.0281. The van der Waals surface area contributed by atoms with Gasteiger partial charge in [0.15, 0.2) is 0 Å². The van der Waals surface area contributed by atoms with E-state index in [1.54, 1.807) is 7.05 Å². The number of hydrogen-bond acceptors (Lipinski definition) is 3. The molecule has 0 aromatic rings. The predicted molar refractivity (Wildman–Crippen MR) is 58.6 cm³/mol. The van der Waals surface area contributed by atoms with E-state index in [2.05, 4.69) is 0 Å². The highest BCUT2D eigenvalue weighted by Crippen LogP contribution is 2.17. The Labute approximate surface area is 91.9 Å². The maximum absolute atomic E-state index is 12.0. The largest absolute Gasteiger partial charge is 0.393 e. The van der Waals surface area contributed by atoms with E-state index in [1.165, 1.54) is 8.61 Å². The lowest BCUT2D eigenvalue weighted by atomic mass is 10.1. The van der Waals surface area contributed by atoms with Crippen LogP contribution in [0.1, 0.15) is 26.7 Å². The monoisotopic (exact) mass is 236 g/mol. The van der Waals surface area contributed by atoms with Gasteiger partial charge in [-0.25, -0.2) is 0 Å². The number of nitrogens with zero attached hydrogens (tertiary/aromatic N) is 2. The molecule has 1 aliphatic rings. The summed E-state index contributed by atoms with van der Waals surface area (Å²) in [5.74, 6) is 0. The van der Waals surface area contributed by atoms with Crippen LogP contribution >= 0.6 is 0 Å².